The molecule has 2 rings (SSSR count). The SMILES string of the molecule is CCNC(=NCc1nnc(C)n1C)NCC1(C)CCCS1. The summed E-state index contributed by atoms with van der Waals surface area (Å²) < 4.78 is 2.30. The van der Waals surface area contributed by atoms with E-state index in [2.05, 4.69) is 51.4 Å². The Labute approximate surface area is 131 Å². The van der Waals surface area contributed by atoms with Crippen LogP contribution >= 0.6 is 11.8 Å². The monoisotopic (exact) mass is 310 g/mol. The molecule has 2 heterocycles. The third kappa shape index (κ3) is 4.36. The number of hydrogen-bond donors (Lipinski definition) is 2. The highest BCUT2D eigenvalue weighted by Gasteiger charge is 2.29. The second-order valence-electron chi connectivity index (χ2n) is 5.67. The van der Waals surface area contributed by atoms with Gasteiger partial charge in [-0.15, -0.1) is 10.2 Å². The number of thioether (sulfide) groups is 1. The first kappa shape index (κ1) is 16.1. The maximum atomic E-state index is 4.61. The molecule has 1 aromatic heterocycles. The van der Waals surface area contributed by atoms with Gasteiger partial charge in [-0.1, -0.05) is 0 Å². The minimum Gasteiger partial charge on any atom is -0.357 e. The fourth-order valence-corrected chi connectivity index (χ4v) is 3.57. The van der Waals surface area contributed by atoms with Crippen LogP contribution in [0.15, 0.2) is 4.99 Å². The van der Waals surface area contributed by atoms with E-state index in [1.807, 2.05) is 18.5 Å². The molecular formula is C14H26N6S. The lowest BCUT2D eigenvalue weighted by molar-refractivity contribution is 0.584. The van der Waals surface area contributed by atoms with E-state index in [9.17, 15) is 0 Å². The van der Waals surface area contributed by atoms with Gasteiger partial charge in [0.1, 0.15) is 12.4 Å². The van der Waals surface area contributed by atoms with Gasteiger partial charge >= 0.3 is 0 Å². The molecule has 0 radical (unpaired) electrons. The number of nitrogens with one attached hydrogen (secondary N) is 2. The Balaban J connectivity index is 1.94. The molecule has 1 fully saturated rings. The van der Waals surface area contributed by atoms with Gasteiger partial charge in [0.05, 0.1) is 0 Å². The second-order valence-corrected chi connectivity index (χ2v) is 7.36. The van der Waals surface area contributed by atoms with Crippen LogP contribution in [0.3, 0.4) is 0 Å². The highest BCUT2D eigenvalue weighted by molar-refractivity contribution is 8.00. The molecule has 0 amide bonds. The van der Waals surface area contributed by atoms with Crippen molar-refractivity contribution in [2.45, 2.75) is 44.9 Å². The highest BCUT2D eigenvalue weighted by Crippen LogP contribution is 2.36. The van der Waals surface area contributed by atoms with Crippen LogP contribution in [0.25, 0.3) is 0 Å². The van der Waals surface area contributed by atoms with Gasteiger partial charge in [0.15, 0.2) is 11.8 Å². The first-order valence-electron chi connectivity index (χ1n) is 7.55. The zero-order valence-electron chi connectivity index (χ0n) is 13.4. The number of aliphatic imine (C=N–C) groups is 1. The van der Waals surface area contributed by atoms with Gasteiger partial charge in [-0.25, -0.2) is 4.99 Å². The normalized spacial score (nSPS) is 22.6. The summed E-state index contributed by atoms with van der Waals surface area (Å²) in [6, 6.07) is 0. The molecule has 0 spiro atoms. The van der Waals surface area contributed by atoms with Crippen LogP contribution in [-0.4, -0.2) is 44.3 Å². The number of nitrogens with zero attached hydrogens (tertiary/aromatic N) is 4. The van der Waals surface area contributed by atoms with E-state index < -0.39 is 0 Å². The second kappa shape index (κ2) is 7.15. The summed E-state index contributed by atoms with van der Waals surface area (Å²) in [4.78, 5) is 4.61. The maximum Gasteiger partial charge on any atom is 0.191 e. The number of aromatic nitrogens is 3. The highest BCUT2D eigenvalue weighted by atomic mass is 32.2. The van der Waals surface area contributed by atoms with Crippen molar-refractivity contribution in [2.24, 2.45) is 12.0 Å². The number of aryl methyl sites for hydroxylation is 1. The molecule has 1 saturated heterocycles. The van der Waals surface area contributed by atoms with Crippen molar-refractivity contribution in [3.63, 3.8) is 0 Å². The predicted octanol–water partition coefficient (Wildman–Crippen LogP) is 1.46. The predicted molar refractivity (Wildman–Crippen MR) is 88.7 cm³/mol. The molecule has 1 unspecified atom stereocenters. The summed E-state index contributed by atoms with van der Waals surface area (Å²) in [6.07, 6.45) is 2.58. The Morgan fingerprint density at radius 2 is 2.24 bits per heavy atom. The first-order valence-corrected chi connectivity index (χ1v) is 8.53. The van der Waals surface area contributed by atoms with Crippen LogP contribution in [0.4, 0.5) is 0 Å². The molecule has 0 aromatic carbocycles. The summed E-state index contributed by atoms with van der Waals surface area (Å²) in [5.74, 6) is 3.91. The molecule has 118 valence electrons. The van der Waals surface area contributed by atoms with Crippen molar-refractivity contribution < 1.29 is 0 Å². The fraction of sp³-hybridized carbons (Fsp3) is 0.786. The van der Waals surface area contributed by atoms with E-state index in [4.69, 9.17) is 0 Å². The lowest BCUT2D eigenvalue weighted by atomic mass is 10.1. The molecule has 0 bridgehead atoms. The van der Waals surface area contributed by atoms with Gasteiger partial charge < -0.3 is 15.2 Å². The lowest BCUT2D eigenvalue weighted by Gasteiger charge is -2.24. The van der Waals surface area contributed by atoms with Crippen molar-refractivity contribution in [1.29, 1.82) is 0 Å². The number of rotatable bonds is 5. The van der Waals surface area contributed by atoms with E-state index in [0.717, 1.165) is 30.7 Å². The average Bonchev–Trinajstić information content (AvgIpc) is 3.03. The van der Waals surface area contributed by atoms with Crippen LogP contribution in [0, 0.1) is 6.92 Å². The van der Waals surface area contributed by atoms with Gasteiger partial charge in [-0.05, 0) is 39.4 Å². The number of guanidine groups is 1. The molecule has 1 aromatic rings. The molecule has 7 heteroatoms. The van der Waals surface area contributed by atoms with Crippen molar-refractivity contribution in [3.05, 3.63) is 11.6 Å². The Morgan fingerprint density at radius 1 is 1.43 bits per heavy atom. The molecule has 6 nitrogen and oxygen atoms in total. The molecule has 1 aliphatic rings. The minimum atomic E-state index is 0.331. The maximum absolute atomic E-state index is 4.61. The standard InChI is InChI=1S/C14H26N6S/c1-5-15-13(17-10-14(3)7-6-8-21-14)16-9-12-19-18-11(2)20(12)4/h5-10H2,1-4H3,(H2,15,16,17). The molecule has 0 aliphatic carbocycles. The van der Waals surface area contributed by atoms with Crippen LogP contribution < -0.4 is 10.6 Å². The van der Waals surface area contributed by atoms with Crippen LogP contribution in [0.5, 0.6) is 0 Å². The zero-order chi connectivity index (χ0) is 15.3. The quantitative estimate of drug-likeness (QED) is 0.637. The van der Waals surface area contributed by atoms with Crippen molar-refractivity contribution in [1.82, 2.24) is 25.4 Å². The van der Waals surface area contributed by atoms with Crippen LogP contribution in [-0.2, 0) is 13.6 Å². The van der Waals surface area contributed by atoms with E-state index in [1.165, 1.54) is 18.6 Å². The van der Waals surface area contributed by atoms with Gasteiger partial charge in [0, 0.05) is 24.9 Å². The third-order valence-electron chi connectivity index (χ3n) is 3.84. The van der Waals surface area contributed by atoms with Crippen molar-refractivity contribution in [3.8, 4) is 0 Å². The fourth-order valence-electron chi connectivity index (χ4n) is 2.33. The summed E-state index contributed by atoms with van der Waals surface area (Å²) >= 11 is 2.05. The largest absolute Gasteiger partial charge is 0.357 e. The van der Waals surface area contributed by atoms with Crippen molar-refractivity contribution >= 4 is 17.7 Å². The molecule has 0 saturated carbocycles. The third-order valence-corrected chi connectivity index (χ3v) is 5.37. The van der Waals surface area contributed by atoms with Gasteiger partial charge in [0.25, 0.3) is 0 Å². The summed E-state index contributed by atoms with van der Waals surface area (Å²) in [7, 11) is 1.97. The van der Waals surface area contributed by atoms with E-state index in [-0.39, 0.29) is 0 Å². The summed E-state index contributed by atoms with van der Waals surface area (Å²) in [6.45, 7) is 8.69. The molecule has 21 heavy (non-hydrogen) atoms. The average molecular weight is 310 g/mol. The van der Waals surface area contributed by atoms with Crippen molar-refractivity contribution in [2.75, 3.05) is 18.8 Å². The topological polar surface area (TPSA) is 67.1 Å². The van der Waals surface area contributed by atoms with Gasteiger partial charge in [0.2, 0.25) is 0 Å². The van der Waals surface area contributed by atoms with Crippen LogP contribution in [0.1, 0.15) is 38.3 Å². The van der Waals surface area contributed by atoms with E-state index >= 15 is 0 Å². The Bertz CT molecular complexity index is 490. The van der Waals surface area contributed by atoms with Gasteiger partial charge in [-0.2, -0.15) is 11.8 Å². The smallest absolute Gasteiger partial charge is 0.191 e. The molecule has 1 aliphatic heterocycles. The molecule has 1 atom stereocenters. The Kier molecular flexibility index (Phi) is 5.50. The zero-order valence-corrected chi connectivity index (χ0v) is 14.3. The Hall–Kier alpha value is -1.24. The Morgan fingerprint density at radius 3 is 2.81 bits per heavy atom. The number of hydrogen-bond acceptors (Lipinski definition) is 4. The minimum absolute atomic E-state index is 0.331. The first-order chi connectivity index (χ1) is 10.0. The molecular weight excluding hydrogens is 284 g/mol. The van der Waals surface area contributed by atoms with E-state index in [0.29, 0.717) is 11.3 Å². The lowest BCUT2D eigenvalue weighted by Crippen LogP contribution is -2.43. The summed E-state index contributed by atoms with van der Waals surface area (Å²) in [5, 5.41) is 15.0. The van der Waals surface area contributed by atoms with E-state index in [1.54, 1.807) is 0 Å². The van der Waals surface area contributed by atoms with Gasteiger partial charge in [-0.3, -0.25) is 0 Å². The molecule has 2 N–H and O–H groups in total. The summed E-state index contributed by atoms with van der Waals surface area (Å²) in [5.41, 5.74) is 0. The van der Waals surface area contributed by atoms with Crippen LogP contribution in [0.2, 0.25) is 0 Å².